The first-order valence-electron chi connectivity index (χ1n) is 25.5. The Morgan fingerprint density at radius 3 is 1.55 bits per heavy atom. The minimum absolute atomic E-state index is 0.0358. The summed E-state index contributed by atoms with van der Waals surface area (Å²) in [5.74, 6) is -0.532. The lowest BCUT2D eigenvalue weighted by Crippen LogP contribution is -2.47. The van der Waals surface area contributed by atoms with Gasteiger partial charge in [0.15, 0.2) is 0 Å². The number of quaternary nitrogens is 1. The number of nitrogens with one attached hydrogen (secondary N) is 1. The van der Waals surface area contributed by atoms with Gasteiger partial charge < -0.3 is 19.4 Å². The molecule has 0 aromatic heterocycles. The number of phosphoric acid groups is 1. The van der Waals surface area contributed by atoms with E-state index in [4.69, 9.17) is 13.8 Å². The molecule has 1 amide bonds. The van der Waals surface area contributed by atoms with Gasteiger partial charge in [0.25, 0.3) is 0 Å². The molecule has 9 nitrogen and oxygen atoms in total. The molecule has 0 aromatic carbocycles. The zero-order valence-electron chi connectivity index (χ0n) is 41.1. The summed E-state index contributed by atoms with van der Waals surface area (Å²) >= 11 is 0. The largest absolute Gasteiger partial charge is 0.472 e. The van der Waals surface area contributed by atoms with Crippen LogP contribution in [0.1, 0.15) is 220 Å². The third-order valence-electron chi connectivity index (χ3n) is 11.0. The molecule has 0 fully saturated rings. The number of carbonyl (C=O) groups excluding carboxylic acids is 2. The molecule has 0 aliphatic carbocycles. The van der Waals surface area contributed by atoms with Crippen molar-refractivity contribution >= 4 is 19.7 Å². The Balaban J connectivity index is 5.46. The predicted molar refractivity (Wildman–Crippen MR) is 263 cm³/mol. The highest BCUT2D eigenvalue weighted by Crippen LogP contribution is 2.43. The van der Waals surface area contributed by atoms with Gasteiger partial charge in [0.1, 0.15) is 19.3 Å². The molecular formula is C52H98N2O7P+. The number of esters is 1. The number of rotatable bonds is 45. The topological polar surface area (TPSA) is 111 Å². The van der Waals surface area contributed by atoms with Gasteiger partial charge in [0, 0.05) is 12.8 Å². The first-order chi connectivity index (χ1) is 29.9. The molecule has 0 saturated carbocycles. The quantitative estimate of drug-likeness (QED) is 0.0206. The molecule has 0 heterocycles. The second kappa shape index (κ2) is 42.9. The molecule has 10 heteroatoms. The van der Waals surface area contributed by atoms with Crippen LogP contribution in [0, 0.1) is 0 Å². The number of nitrogens with zero attached hydrogens (tertiary/aromatic N) is 1. The van der Waals surface area contributed by atoms with Crippen molar-refractivity contribution in [2.24, 2.45) is 0 Å². The molecule has 362 valence electrons. The van der Waals surface area contributed by atoms with Crippen LogP contribution in [-0.2, 0) is 27.9 Å². The number of amides is 1. The highest BCUT2D eigenvalue weighted by atomic mass is 31.2. The molecular weight excluding hydrogens is 796 g/mol. The van der Waals surface area contributed by atoms with E-state index in [9.17, 15) is 19.0 Å². The summed E-state index contributed by atoms with van der Waals surface area (Å²) in [6.07, 6.45) is 49.6. The second-order valence-corrected chi connectivity index (χ2v) is 19.8. The summed E-state index contributed by atoms with van der Waals surface area (Å²) in [4.78, 5) is 37.3. The van der Waals surface area contributed by atoms with Gasteiger partial charge in [-0.05, 0) is 63.9 Å². The Bertz CT molecular complexity index is 1210. The van der Waals surface area contributed by atoms with E-state index in [0.717, 1.165) is 89.9 Å². The highest BCUT2D eigenvalue weighted by Gasteiger charge is 2.30. The summed E-state index contributed by atoms with van der Waals surface area (Å²) in [6.45, 7) is 6.85. The molecule has 0 bridgehead atoms. The number of ether oxygens (including phenoxy) is 1. The van der Waals surface area contributed by atoms with Gasteiger partial charge in [0.2, 0.25) is 5.91 Å². The fourth-order valence-electron chi connectivity index (χ4n) is 7.07. The number of hydrogen-bond donors (Lipinski definition) is 2. The van der Waals surface area contributed by atoms with Crippen LogP contribution in [0.3, 0.4) is 0 Å². The lowest BCUT2D eigenvalue weighted by molar-refractivity contribution is -0.870. The number of allylic oxidation sites excluding steroid dienone is 7. The van der Waals surface area contributed by atoms with E-state index in [2.05, 4.69) is 62.5 Å². The molecule has 0 aliphatic heterocycles. The van der Waals surface area contributed by atoms with Crippen LogP contribution in [0.5, 0.6) is 0 Å². The molecule has 0 rings (SSSR count). The second-order valence-electron chi connectivity index (χ2n) is 18.3. The van der Waals surface area contributed by atoms with Crippen molar-refractivity contribution < 1.29 is 37.3 Å². The van der Waals surface area contributed by atoms with Crippen molar-refractivity contribution in [2.45, 2.75) is 232 Å². The zero-order valence-corrected chi connectivity index (χ0v) is 42.0. The summed E-state index contributed by atoms with van der Waals surface area (Å²) < 4.78 is 30.4. The minimum Gasteiger partial charge on any atom is -0.456 e. The van der Waals surface area contributed by atoms with E-state index in [1.54, 1.807) is 0 Å². The van der Waals surface area contributed by atoms with Crippen LogP contribution in [-0.4, -0.2) is 74.3 Å². The van der Waals surface area contributed by atoms with Gasteiger partial charge in [0.05, 0.1) is 33.8 Å². The van der Waals surface area contributed by atoms with Crippen LogP contribution < -0.4 is 5.32 Å². The number of hydrogen-bond acceptors (Lipinski definition) is 6. The SMILES string of the molecule is CC/C=C/C/C=C/C/C=C/CCCCCCC(=O)NC(COP(=O)(O)OCC[N+](C)(C)C)C(/C=C/CCCCCCCCCCC)OC(=O)CCCCCCCCCCCCC. The molecule has 3 atom stereocenters. The summed E-state index contributed by atoms with van der Waals surface area (Å²) in [5, 5.41) is 3.02. The van der Waals surface area contributed by atoms with Crippen molar-refractivity contribution in [3.8, 4) is 0 Å². The summed E-state index contributed by atoms with van der Waals surface area (Å²) in [6, 6.07) is -0.854. The Morgan fingerprint density at radius 1 is 0.581 bits per heavy atom. The third-order valence-corrected chi connectivity index (χ3v) is 12.0. The molecule has 0 saturated heterocycles. The van der Waals surface area contributed by atoms with Crippen molar-refractivity contribution in [3.05, 3.63) is 48.6 Å². The smallest absolute Gasteiger partial charge is 0.456 e. The van der Waals surface area contributed by atoms with Gasteiger partial charge in [-0.25, -0.2) is 4.57 Å². The molecule has 0 aromatic rings. The number of likely N-dealkylation sites (N-methyl/N-ethyl adjacent to an activating group) is 1. The van der Waals surface area contributed by atoms with Crippen molar-refractivity contribution in [2.75, 3.05) is 40.9 Å². The van der Waals surface area contributed by atoms with Crippen molar-refractivity contribution in [1.29, 1.82) is 0 Å². The van der Waals surface area contributed by atoms with Crippen LogP contribution in [0.4, 0.5) is 0 Å². The monoisotopic (exact) mass is 894 g/mol. The van der Waals surface area contributed by atoms with E-state index in [1.165, 1.54) is 96.3 Å². The van der Waals surface area contributed by atoms with E-state index >= 15 is 0 Å². The standard InChI is InChI=1S/C52H97N2O7P/c1-7-10-13-16-19-22-25-26-27-30-32-35-38-41-44-51(55)53-49(48-60-62(57,58)59-47-46-54(4,5)6)50(43-40-37-34-31-28-23-20-17-14-11-8-2)61-52(56)45-42-39-36-33-29-24-21-18-15-12-9-3/h10,13,19,22,26-27,40,43,49-50H,7-9,11-12,14-18,20-21,23-25,28-39,41-42,44-48H2,1-6H3,(H-,53,55,57,58)/p+1/b13-10+,22-19+,27-26+,43-40+. The predicted octanol–water partition coefficient (Wildman–Crippen LogP) is 14.6. The maximum absolute atomic E-state index is 13.4. The maximum atomic E-state index is 13.4. The maximum Gasteiger partial charge on any atom is 0.472 e. The van der Waals surface area contributed by atoms with E-state index in [0.29, 0.717) is 17.4 Å². The molecule has 2 N–H and O–H groups in total. The number of carbonyl (C=O) groups is 2. The minimum atomic E-state index is -4.44. The van der Waals surface area contributed by atoms with Crippen LogP contribution in [0.15, 0.2) is 48.6 Å². The molecule has 0 spiro atoms. The number of unbranched alkanes of at least 4 members (excludes halogenated alkanes) is 23. The van der Waals surface area contributed by atoms with Gasteiger partial charge in [-0.1, -0.05) is 192 Å². The number of phosphoric ester groups is 1. The normalized spacial score (nSPS) is 14.4. The van der Waals surface area contributed by atoms with Crippen molar-refractivity contribution in [1.82, 2.24) is 5.32 Å². The zero-order chi connectivity index (χ0) is 45.8. The van der Waals surface area contributed by atoms with E-state index in [-0.39, 0.29) is 31.5 Å². The molecule has 62 heavy (non-hydrogen) atoms. The van der Waals surface area contributed by atoms with Gasteiger partial charge in [-0.15, -0.1) is 0 Å². The van der Waals surface area contributed by atoms with Gasteiger partial charge >= 0.3 is 13.8 Å². The van der Waals surface area contributed by atoms with Gasteiger partial charge in [-0.3, -0.25) is 18.6 Å². The average Bonchev–Trinajstić information content (AvgIpc) is 3.22. The average molecular weight is 894 g/mol. The van der Waals surface area contributed by atoms with Crippen molar-refractivity contribution in [3.63, 3.8) is 0 Å². The Morgan fingerprint density at radius 2 is 1.03 bits per heavy atom. The fourth-order valence-corrected chi connectivity index (χ4v) is 7.81. The Hall–Kier alpha value is -2.03. The third kappa shape index (κ3) is 43.2. The van der Waals surface area contributed by atoms with Crippen LogP contribution >= 0.6 is 7.82 Å². The first-order valence-corrected chi connectivity index (χ1v) is 27.0. The van der Waals surface area contributed by atoms with Gasteiger partial charge in [-0.2, -0.15) is 0 Å². The van der Waals surface area contributed by atoms with Crippen LogP contribution in [0.25, 0.3) is 0 Å². The molecule has 0 radical (unpaired) electrons. The molecule has 0 aliphatic rings. The van der Waals surface area contributed by atoms with E-state index in [1.807, 2.05) is 33.3 Å². The summed E-state index contributed by atoms with van der Waals surface area (Å²) in [7, 11) is 1.48. The van der Waals surface area contributed by atoms with E-state index < -0.39 is 20.0 Å². The highest BCUT2D eigenvalue weighted by molar-refractivity contribution is 7.47. The lowest BCUT2D eigenvalue weighted by atomic mass is 10.0. The first kappa shape index (κ1) is 60.0. The van der Waals surface area contributed by atoms with Crippen LogP contribution in [0.2, 0.25) is 0 Å². The lowest BCUT2D eigenvalue weighted by Gasteiger charge is -2.27. The summed E-state index contributed by atoms with van der Waals surface area (Å²) in [5.41, 5.74) is 0. The Kier molecular flexibility index (Phi) is 41.5. The molecule has 3 unspecified atom stereocenters. The fraction of sp³-hybridized carbons (Fsp3) is 0.808. The Labute approximate surface area is 382 Å².